The number of aromatic nitrogens is 2. The number of ether oxygens (including phenoxy) is 2. The molecule has 3 aromatic rings. The van der Waals surface area contributed by atoms with Crippen LogP contribution in [0.2, 0.25) is 0 Å². The van der Waals surface area contributed by atoms with E-state index in [1.54, 1.807) is 20.5 Å². The number of nitrogens with zero attached hydrogens (tertiary/aromatic N) is 3. The van der Waals surface area contributed by atoms with E-state index in [2.05, 4.69) is 22.0 Å². The Balaban J connectivity index is 1.37. The molecule has 6 nitrogen and oxygen atoms in total. The van der Waals surface area contributed by atoms with Crippen LogP contribution in [0.5, 0.6) is 11.5 Å². The van der Waals surface area contributed by atoms with Gasteiger partial charge in [0.05, 0.1) is 31.9 Å². The van der Waals surface area contributed by atoms with Crippen LogP contribution in [0.3, 0.4) is 0 Å². The van der Waals surface area contributed by atoms with Crippen molar-refractivity contribution in [2.75, 3.05) is 20.8 Å². The maximum Gasteiger partial charge on any atom is 0.250 e. The fourth-order valence-electron chi connectivity index (χ4n) is 4.99. The lowest BCUT2D eigenvalue weighted by Gasteiger charge is -2.33. The molecule has 1 aliphatic carbocycles. The quantitative estimate of drug-likeness (QED) is 0.550. The average molecular weight is 444 g/mol. The first kappa shape index (κ1) is 21.3. The van der Waals surface area contributed by atoms with Crippen molar-refractivity contribution in [2.45, 2.75) is 38.6 Å². The van der Waals surface area contributed by atoms with E-state index in [1.807, 2.05) is 48.0 Å². The molecule has 2 aromatic carbocycles. The summed E-state index contributed by atoms with van der Waals surface area (Å²) in [6.45, 7) is 2.77. The minimum Gasteiger partial charge on any atom is -0.497 e. The zero-order valence-electron chi connectivity index (χ0n) is 19.4. The van der Waals surface area contributed by atoms with Crippen molar-refractivity contribution in [3.63, 3.8) is 0 Å². The van der Waals surface area contributed by atoms with Crippen LogP contribution in [-0.2, 0) is 17.6 Å². The third-order valence-electron chi connectivity index (χ3n) is 6.68. The third kappa shape index (κ3) is 4.13. The molecule has 1 aromatic heterocycles. The molecule has 0 radical (unpaired) electrons. The first-order valence-electron chi connectivity index (χ1n) is 11.4. The Labute approximate surface area is 194 Å². The molecule has 1 amide bonds. The van der Waals surface area contributed by atoms with E-state index in [4.69, 9.17) is 9.47 Å². The van der Waals surface area contributed by atoms with Crippen LogP contribution in [0, 0.1) is 6.92 Å². The van der Waals surface area contributed by atoms with Gasteiger partial charge in [-0.05, 0) is 79.6 Å². The molecule has 1 atom stereocenters. The first-order valence-corrected chi connectivity index (χ1v) is 11.4. The van der Waals surface area contributed by atoms with Crippen LogP contribution in [0.15, 0.2) is 54.5 Å². The average Bonchev–Trinajstić information content (AvgIpc) is 3.45. The fraction of sp³-hybridized carbons (Fsp3) is 0.333. The summed E-state index contributed by atoms with van der Waals surface area (Å²) < 4.78 is 13.0. The number of rotatable bonds is 5. The highest BCUT2D eigenvalue weighted by molar-refractivity contribution is 5.98. The molecule has 0 bridgehead atoms. The number of amides is 1. The van der Waals surface area contributed by atoms with E-state index in [9.17, 15) is 4.79 Å². The molecule has 2 aliphatic rings. The second-order valence-corrected chi connectivity index (χ2v) is 8.82. The number of likely N-dealkylation sites (tertiary alicyclic amines) is 1. The second kappa shape index (κ2) is 8.77. The van der Waals surface area contributed by atoms with Crippen LogP contribution in [0.4, 0.5) is 0 Å². The summed E-state index contributed by atoms with van der Waals surface area (Å²) in [5.41, 5.74) is 6.32. The van der Waals surface area contributed by atoms with Gasteiger partial charge >= 0.3 is 0 Å². The molecule has 0 spiro atoms. The Morgan fingerprint density at radius 3 is 2.67 bits per heavy atom. The number of carbonyl (C=O) groups excluding carboxylic acids is 1. The molecule has 0 N–H and O–H groups in total. The van der Waals surface area contributed by atoms with Gasteiger partial charge in [0.25, 0.3) is 0 Å². The van der Waals surface area contributed by atoms with Crippen molar-refractivity contribution in [1.82, 2.24) is 14.5 Å². The van der Waals surface area contributed by atoms with E-state index < -0.39 is 0 Å². The molecule has 1 fully saturated rings. The second-order valence-electron chi connectivity index (χ2n) is 8.82. The Bertz CT molecular complexity index is 1230. The van der Waals surface area contributed by atoms with Gasteiger partial charge in [-0.25, -0.2) is 4.98 Å². The van der Waals surface area contributed by atoms with Crippen molar-refractivity contribution in [2.24, 2.45) is 0 Å². The van der Waals surface area contributed by atoms with E-state index >= 15 is 0 Å². The highest BCUT2D eigenvalue weighted by Crippen LogP contribution is 2.33. The summed E-state index contributed by atoms with van der Waals surface area (Å²) in [6.07, 6.45) is 9.34. The number of methoxy groups -OCH3 is 2. The van der Waals surface area contributed by atoms with Gasteiger partial charge in [-0.3, -0.25) is 4.79 Å². The van der Waals surface area contributed by atoms with Crippen LogP contribution in [0.25, 0.3) is 11.8 Å². The predicted molar refractivity (Wildman–Crippen MR) is 128 cm³/mol. The molecule has 5 rings (SSSR count). The van der Waals surface area contributed by atoms with Crippen molar-refractivity contribution >= 4 is 12.0 Å². The highest BCUT2D eigenvalue weighted by Gasteiger charge is 2.33. The van der Waals surface area contributed by atoms with Crippen LogP contribution < -0.4 is 9.47 Å². The zero-order chi connectivity index (χ0) is 22.9. The molecular weight excluding hydrogens is 414 g/mol. The maximum atomic E-state index is 13.4. The predicted octanol–water partition coefficient (Wildman–Crippen LogP) is 4.37. The molecule has 170 valence electrons. The standard InChI is InChI=1S/C27H29N3O3/c1-18-16-29(17-28-18)25-9-6-19(12-26(25)33-3)11-21-5-4-10-30(27(21)31)23-13-20-7-8-24(32-2)15-22(20)14-23/h6-9,11-12,15-17,23H,4-5,10,13-14H2,1-3H3/t23-/m0/s1. The number of imidazole rings is 1. The molecule has 6 heteroatoms. The maximum absolute atomic E-state index is 13.4. The van der Waals surface area contributed by atoms with Gasteiger partial charge < -0.3 is 18.9 Å². The number of benzene rings is 2. The number of hydrogen-bond donors (Lipinski definition) is 0. The summed E-state index contributed by atoms with van der Waals surface area (Å²) >= 11 is 0. The topological polar surface area (TPSA) is 56.6 Å². The molecule has 1 saturated heterocycles. The van der Waals surface area contributed by atoms with Gasteiger partial charge in [0.15, 0.2) is 0 Å². The number of aryl methyl sites for hydroxylation is 1. The molecule has 0 unspecified atom stereocenters. The molecule has 2 heterocycles. The Kier molecular flexibility index (Phi) is 5.67. The van der Waals surface area contributed by atoms with E-state index in [0.29, 0.717) is 0 Å². The SMILES string of the molecule is COc1ccc2c(c1)C[C@@H](N1CCCC(=Cc3ccc(-n4cnc(C)c4)c(OC)c3)C1=O)C2. The summed E-state index contributed by atoms with van der Waals surface area (Å²) in [6, 6.07) is 12.5. The van der Waals surface area contributed by atoms with Crippen molar-refractivity contribution in [3.05, 3.63) is 76.9 Å². The summed E-state index contributed by atoms with van der Waals surface area (Å²) in [7, 11) is 3.36. The van der Waals surface area contributed by atoms with Gasteiger partial charge in [0, 0.05) is 24.4 Å². The molecule has 33 heavy (non-hydrogen) atoms. The fourth-order valence-corrected chi connectivity index (χ4v) is 4.99. The lowest BCUT2D eigenvalue weighted by Crippen LogP contribution is -2.44. The molecule has 1 aliphatic heterocycles. The third-order valence-corrected chi connectivity index (χ3v) is 6.68. The number of carbonyl (C=O) groups is 1. The first-order chi connectivity index (χ1) is 16.1. The van der Waals surface area contributed by atoms with Gasteiger partial charge in [-0.2, -0.15) is 0 Å². The summed E-state index contributed by atoms with van der Waals surface area (Å²) in [5.74, 6) is 1.78. The highest BCUT2D eigenvalue weighted by atomic mass is 16.5. The minimum atomic E-state index is 0.152. The van der Waals surface area contributed by atoms with Crippen molar-refractivity contribution < 1.29 is 14.3 Å². The smallest absolute Gasteiger partial charge is 0.250 e. The normalized spacial score (nSPS) is 19.1. The van der Waals surface area contributed by atoms with Crippen molar-refractivity contribution in [3.8, 4) is 17.2 Å². The Hall–Kier alpha value is -3.54. The Morgan fingerprint density at radius 2 is 1.91 bits per heavy atom. The van der Waals surface area contributed by atoms with E-state index in [1.165, 1.54) is 11.1 Å². The largest absolute Gasteiger partial charge is 0.497 e. The lowest BCUT2D eigenvalue weighted by molar-refractivity contribution is -0.130. The van der Waals surface area contributed by atoms with E-state index in [-0.39, 0.29) is 11.9 Å². The number of piperidine rings is 1. The number of hydrogen-bond acceptors (Lipinski definition) is 4. The van der Waals surface area contributed by atoms with Crippen LogP contribution in [0.1, 0.15) is 35.2 Å². The molecular formula is C27H29N3O3. The molecule has 0 saturated carbocycles. The van der Waals surface area contributed by atoms with Gasteiger partial charge in [-0.15, -0.1) is 0 Å². The van der Waals surface area contributed by atoms with Crippen LogP contribution in [-0.4, -0.2) is 47.2 Å². The zero-order valence-corrected chi connectivity index (χ0v) is 19.4. The van der Waals surface area contributed by atoms with Crippen molar-refractivity contribution in [1.29, 1.82) is 0 Å². The van der Waals surface area contributed by atoms with E-state index in [0.717, 1.165) is 66.2 Å². The Morgan fingerprint density at radius 1 is 1.06 bits per heavy atom. The summed E-state index contributed by atoms with van der Waals surface area (Å²) in [4.78, 5) is 19.8. The minimum absolute atomic E-state index is 0.152. The van der Waals surface area contributed by atoms with Gasteiger partial charge in [0.1, 0.15) is 11.5 Å². The van der Waals surface area contributed by atoms with Crippen LogP contribution >= 0.6 is 0 Å². The lowest BCUT2D eigenvalue weighted by atomic mass is 9.98. The van der Waals surface area contributed by atoms with Gasteiger partial charge in [-0.1, -0.05) is 12.1 Å². The van der Waals surface area contributed by atoms with Gasteiger partial charge in [0.2, 0.25) is 5.91 Å². The number of fused-ring (bicyclic) bond motifs is 1. The summed E-state index contributed by atoms with van der Waals surface area (Å²) in [5, 5.41) is 0. The monoisotopic (exact) mass is 443 g/mol.